The van der Waals surface area contributed by atoms with E-state index < -0.39 is 0 Å². The predicted molar refractivity (Wildman–Crippen MR) is 47.6 cm³/mol. The molecule has 0 amide bonds. The molecule has 1 fully saturated rings. The highest BCUT2D eigenvalue weighted by atomic mass is 16.5. The van der Waals surface area contributed by atoms with Crippen molar-refractivity contribution in [2.24, 2.45) is 4.99 Å². The number of nitrogens with zero attached hydrogens (tertiary/aromatic N) is 1. The van der Waals surface area contributed by atoms with Gasteiger partial charge in [-0.3, -0.25) is 15.6 Å². The van der Waals surface area contributed by atoms with Crippen molar-refractivity contribution in [2.45, 2.75) is 19.1 Å². The first kappa shape index (κ1) is 8.65. The van der Waals surface area contributed by atoms with E-state index >= 15 is 0 Å². The van der Waals surface area contributed by atoms with Crippen LogP contribution in [-0.2, 0) is 9.53 Å². The highest BCUT2D eigenvalue weighted by Gasteiger charge is 2.34. The van der Waals surface area contributed by atoms with Gasteiger partial charge in [-0.2, -0.15) is 0 Å². The van der Waals surface area contributed by atoms with Gasteiger partial charge in [0.25, 0.3) is 0 Å². The Balaban J connectivity index is 2.06. The van der Waals surface area contributed by atoms with Crippen molar-refractivity contribution in [1.29, 1.82) is 0 Å². The minimum Gasteiger partial charge on any atom is -0.461 e. The molecule has 13 heavy (non-hydrogen) atoms. The van der Waals surface area contributed by atoms with Crippen LogP contribution in [-0.4, -0.2) is 43.6 Å². The molecule has 0 saturated carbocycles. The van der Waals surface area contributed by atoms with Gasteiger partial charge >= 0.3 is 5.97 Å². The smallest absolute Gasteiger partial charge is 0.355 e. The van der Waals surface area contributed by atoms with Gasteiger partial charge in [-0.15, -0.1) is 0 Å². The van der Waals surface area contributed by atoms with E-state index in [1.807, 2.05) is 0 Å². The Labute approximate surface area is 76.6 Å². The van der Waals surface area contributed by atoms with Gasteiger partial charge in [0.15, 0.2) is 5.71 Å². The molecule has 0 unspecified atom stereocenters. The Morgan fingerprint density at radius 3 is 3.38 bits per heavy atom. The van der Waals surface area contributed by atoms with Crippen molar-refractivity contribution in [3.63, 3.8) is 0 Å². The van der Waals surface area contributed by atoms with Crippen LogP contribution in [0.15, 0.2) is 4.99 Å². The Morgan fingerprint density at radius 1 is 1.77 bits per heavy atom. The summed E-state index contributed by atoms with van der Waals surface area (Å²) in [5, 5.41) is 6.40. The molecule has 1 saturated heterocycles. The highest BCUT2D eigenvalue weighted by molar-refractivity contribution is 6.38. The zero-order valence-corrected chi connectivity index (χ0v) is 7.54. The van der Waals surface area contributed by atoms with Gasteiger partial charge in [-0.25, -0.2) is 4.79 Å². The number of hydrogen-bond donors (Lipinski definition) is 2. The summed E-state index contributed by atoms with van der Waals surface area (Å²) in [7, 11) is 0. The molecular formula is C8H13N3O2. The fraction of sp³-hybridized carbons (Fsp3) is 0.750. The molecule has 2 bridgehead atoms. The van der Waals surface area contributed by atoms with E-state index in [1.165, 1.54) is 0 Å². The lowest BCUT2D eigenvalue weighted by atomic mass is 10.2. The van der Waals surface area contributed by atoms with Gasteiger partial charge in [0.1, 0.15) is 6.17 Å². The molecule has 0 spiro atoms. The summed E-state index contributed by atoms with van der Waals surface area (Å²) in [6.07, 6.45) is -0.0993. The van der Waals surface area contributed by atoms with Crippen LogP contribution in [0.1, 0.15) is 6.92 Å². The van der Waals surface area contributed by atoms with E-state index in [-0.39, 0.29) is 12.1 Å². The minimum absolute atomic E-state index is 0.0993. The monoisotopic (exact) mass is 183 g/mol. The van der Waals surface area contributed by atoms with Crippen LogP contribution in [0.3, 0.4) is 0 Å². The SMILES string of the molecule is CCOC(=O)C1=NC[C@@H]2CN[C@H]1N2. The third kappa shape index (κ3) is 1.57. The number of aliphatic imine (C=N–C) groups is 1. The first-order chi connectivity index (χ1) is 6.31. The van der Waals surface area contributed by atoms with E-state index in [0.717, 1.165) is 6.54 Å². The van der Waals surface area contributed by atoms with Crippen molar-refractivity contribution >= 4 is 11.7 Å². The maximum absolute atomic E-state index is 11.4. The van der Waals surface area contributed by atoms with Gasteiger partial charge < -0.3 is 4.74 Å². The molecule has 2 N–H and O–H groups in total. The number of carbonyl (C=O) groups excluding carboxylic acids is 1. The Morgan fingerprint density at radius 2 is 2.62 bits per heavy atom. The lowest BCUT2D eigenvalue weighted by Crippen LogP contribution is -2.48. The fourth-order valence-electron chi connectivity index (χ4n) is 1.59. The number of esters is 1. The van der Waals surface area contributed by atoms with Crippen molar-refractivity contribution in [3.8, 4) is 0 Å². The van der Waals surface area contributed by atoms with E-state index in [0.29, 0.717) is 24.9 Å². The molecule has 2 rings (SSSR count). The average molecular weight is 183 g/mol. The van der Waals surface area contributed by atoms with Crippen LogP contribution >= 0.6 is 0 Å². The third-order valence-electron chi connectivity index (χ3n) is 2.21. The summed E-state index contributed by atoms with van der Waals surface area (Å²) in [5.74, 6) is -0.312. The maximum Gasteiger partial charge on any atom is 0.355 e. The minimum atomic E-state index is -0.312. The predicted octanol–water partition coefficient (Wildman–Crippen LogP) is -1.11. The van der Waals surface area contributed by atoms with Gasteiger partial charge in [0.2, 0.25) is 0 Å². The molecule has 0 aromatic heterocycles. The van der Waals surface area contributed by atoms with E-state index in [1.54, 1.807) is 6.92 Å². The standard InChI is InChI=1S/C8H13N3O2/c1-2-13-8(12)6-7-10-4-5(11-7)3-9-6/h5,7,10-11H,2-4H2,1H3/t5-,7+/m1/s1. The van der Waals surface area contributed by atoms with E-state index in [2.05, 4.69) is 15.6 Å². The molecular weight excluding hydrogens is 170 g/mol. The van der Waals surface area contributed by atoms with Gasteiger partial charge in [0.05, 0.1) is 13.2 Å². The average Bonchev–Trinajstić information content (AvgIpc) is 2.48. The zero-order valence-electron chi connectivity index (χ0n) is 7.54. The molecule has 72 valence electrons. The Bertz CT molecular complexity index is 252. The van der Waals surface area contributed by atoms with Crippen LogP contribution in [0.4, 0.5) is 0 Å². The van der Waals surface area contributed by atoms with Gasteiger partial charge in [-0.1, -0.05) is 0 Å². The first-order valence-electron chi connectivity index (χ1n) is 4.52. The molecule has 0 aliphatic carbocycles. The van der Waals surface area contributed by atoms with Crippen LogP contribution in [0.2, 0.25) is 0 Å². The number of ether oxygens (including phenoxy) is 1. The molecule has 2 heterocycles. The van der Waals surface area contributed by atoms with Crippen LogP contribution in [0, 0.1) is 0 Å². The van der Waals surface area contributed by atoms with Gasteiger partial charge in [0, 0.05) is 12.6 Å². The number of rotatable bonds is 2. The molecule has 0 aromatic carbocycles. The van der Waals surface area contributed by atoms with Crippen molar-refractivity contribution < 1.29 is 9.53 Å². The quantitative estimate of drug-likeness (QED) is 0.533. The molecule has 2 atom stereocenters. The molecule has 0 aromatic rings. The summed E-state index contributed by atoms with van der Waals surface area (Å²) in [4.78, 5) is 15.5. The largest absolute Gasteiger partial charge is 0.461 e. The van der Waals surface area contributed by atoms with Crippen LogP contribution < -0.4 is 10.6 Å². The molecule has 0 radical (unpaired) electrons. The topological polar surface area (TPSA) is 62.7 Å². The van der Waals surface area contributed by atoms with Crippen molar-refractivity contribution in [3.05, 3.63) is 0 Å². The second kappa shape index (κ2) is 3.43. The van der Waals surface area contributed by atoms with Crippen molar-refractivity contribution in [1.82, 2.24) is 10.6 Å². The summed E-state index contributed by atoms with van der Waals surface area (Å²) in [6.45, 7) is 3.72. The molecule has 5 heteroatoms. The summed E-state index contributed by atoms with van der Waals surface area (Å²) in [5.41, 5.74) is 0.482. The molecule has 2 aliphatic heterocycles. The first-order valence-corrected chi connectivity index (χ1v) is 4.52. The van der Waals surface area contributed by atoms with Crippen molar-refractivity contribution in [2.75, 3.05) is 19.7 Å². The molecule has 5 nitrogen and oxygen atoms in total. The summed E-state index contributed by atoms with van der Waals surface area (Å²) >= 11 is 0. The van der Waals surface area contributed by atoms with E-state index in [4.69, 9.17) is 4.74 Å². The summed E-state index contributed by atoms with van der Waals surface area (Å²) in [6, 6.07) is 0.378. The number of hydrogen-bond acceptors (Lipinski definition) is 5. The number of nitrogens with one attached hydrogen (secondary N) is 2. The second-order valence-electron chi connectivity index (χ2n) is 3.15. The van der Waals surface area contributed by atoms with Crippen LogP contribution in [0.25, 0.3) is 0 Å². The second-order valence-corrected chi connectivity index (χ2v) is 3.15. The lowest BCUT2D eigenvalue weighted by molar-refractivity contribution is -0.135. The normalized spacial score (nSPS) is 31.3. The highest BCUT2D eigenvalue weighted by Crippen LogP contribution is 2.06. The van der Waals surface area contributed by atoms with Crippen LogP contribution in [0.5, 0.6) is 0 Å². The van der Waals surface area contributed by atoms with E-state index in [9.17, 15) is 4.79 Å². The summed E-state index contributed by atoms with van der Waals surface area (Å²) < 4.78 is 4.88. The maximum atomic E-state index is 11.4. The Hall–Kier alpha value is -0.940. The number of carbonyl (C=O) groups is 1. The Kier molecular flexibility index (Phi) is 2.28. The zero-order chi connectivity index (χ0) is 9.26. The third-order valence-corrected chi connectivity index (χ3v) is 2.21. The fourth-order valence-corrected chi connectivity index (χ4v) is 1.59. The lowest BCUT2D eigenvalue weighted by Gasteiger charge is -2.18. The molecule has 2 aliphatic rings. The number of fused-ring (bicyclic) bond motifs is 2. The van der Waals surface area contributed by atoms with Gasteiger partial charge in [-0.05, 0) is 6.92 Å².